The Morgan fingerprint density at radius 1 is 1.00 bits per heavy atom. The maximum atomic E-state index is 9.10. The first-order chi connectivity index (χ1) is 14.8. The SMILES string of the molecule is Clc1ccc(SC(CCCn2ccnc2)c2ccc(Cl)cc2Cl)cc1.O=C(O)C(=O)O. The zero-order valence-electron chi connectivity index (χ0n) is 16.1. The fourth-order valence-electron chi connectivity index (χ4n) is 2.60. The first kappa shape index (κ1) is 25.1. The van der Waals surface area contributed by atoms with Gasteiger partial charge in [0.05, 0.1) is 6.33 Å². The van der Waals surface area contributed by atoms with Crippen LogP contribution in [0.3, 0.4) is 0 Å². The standard InChI is InChI=1S/C19H17Cl3N2S.C2H2O4/c20-14-3-6-16(7-4-14)25-19(2-1-10-24-11-9-23-13-24)17-8-5-15(21)12-18(17)22;3-1(4)2(5)6/h3-9,11-13,19H,1-2,10H2;(H,3,4)(H,5,6). The van der Waals surface area contributed by atoms with Crippen LogP contribution in [-0.4, -0.2) is 31.7 Å². The van der Waals surface area contributed by atoms with E-state index in [-0.39, 0.29) is 5.25 Å². The number of imidazole rings is 1. The van der Waals surface area contributed by atoms with E-state index >= 15 is 0 Å². The molecule has 0 fully saturated rings. The van der Waals surface area contributed by atoms with E-state index in [0.29, 0.717) is 10.0 Å². The Bertz CT molecular complexity index is 986. The summed E-state index contributed by atoms with van der Waals surface area (Å²) in [6.07, 6.45) is 7.65. The normalized spacial score (nSPS) is 11.3. The topological polar surface area (TPSA) is 92.4 Å². The highest BCUT2D eigenvalue weighted by Gasteiger charge is 2.17. The van der Waals surface area contributed by atoms with Crippen LogP contribution in [0.1, 0.15) is 23.7 Å². The minimum absolute atomic E-state index is 0.245. The van der Waals surface area contributed by atoms with Crippen molar-refractivity contribution >= 4 is 58.5 Å². The molecule has 164 valence electrons. The van der Waals surface area contributed by atoms with Crippen molar-refractivity contribution in [2.24, 2.45) is 0 Å². The van der Waals surface area contributed by atoms with Crippen LogP contribution in [0.4, 0.5) is 0 Å². The van der Waals surface area contributed by atoms with Gasteiger partial charge < -0.3 is 14.8 Å². The minimum atomic E-state index is -1.82. The maximum absolute atomic E-state index is 9.10. The van der Waals surface area contributed by atoms with Gasteiger partial charge in [-0.1, -0.05) is 40.9 Å². The number of hydrogen-bond acceptors (Lipinski definition) is 4. The zero-order valence-corrected chi connectivity index (χ0v) is 19.2. The summed E-state index contributed by atoms with van der Waals surface area (Å²) in [4.78, 5) is 23.5. The first-order valence-corrected chi connectivity index (χ1v) is 11.1. The van der Waals surface area contributed by atoms with Gasteiger partial charge in [-0.2, -0.15) is 0 Å². The average Bonchev–Trinajstić information content (AvgIpc) is 3.23. The number of rotatable bonds is 7. The predicted octanol–water partition coefficient (Wildman–Crippen LogP) is 6.31. The van der Waals surface area contributed by atoms with E-state index in [4.69, 9.17) is 54.6 Å². The van der Waals surface area contributed by atoms with Gasteiger partial charge in [0.15, 0.2) is 0 Å². The van der Waals surface area contributed by atoms with Gasteiger partial charge >= 0.3 is 11.9 Å². The highest BCUT2D eigenvalue weighted by Crippen LogP contribution is 2.42. The molecule has 3 rings (SSSR count). The second-order valence-corrected chi connectivity index (χ2v) is 8.84. The van der Waals surface area contributed by atoms with Crippen LogP contribution in [0, 0.1) is 0 Å². The predicted molar refractivity (Wildman–Crippen MR) is 123 cm³/mol. The Kier molecular flexibility index (Phi) is 10.2. The molecule has 2 aromatic carbocycles. The van der Waals surface area contributed by atoms with Gasteiger partial charge in [0, 0.05) is 44.2 Å². The summed E-state index contributed by atoms with van der Waals surface area (Å²) in [5.74, 6) is -3.65. The second kappa shape index (κ2) is 12.6. The molecule has 0 aliphatic carbocycles. The van der Waals surface area contributed by atoms with Crippen LogP contribution in [0.25, 0.3) is 0 Å². The number of aromatic nitrogens is 2. The lowest BCUT2D eigenvalue weighted by Crippen LogP contribution is -2.09. The van der Waals surface area contributed by atoms with Crippen molar-refractivity contribution in [1.82, 2.24) is 9.55 Å². The molecular formula is C21H19Cl3N2O4S. The number of carbonyl (C=O) groups is 2. The van der Waals surface area contributed by atoms with Crippen LogP contribution in [0.2, 0.25) is 15.1 Å². The second-order valence-electron chi connectivity index (χ2n) is 6.28. The molecule has 0 saturated carbocycles. The van der Waals surface area contributed by atoms with Gasteiger partial charge in [-0.25, -0.2) is 14.6 Å². The summed E-state index contributed by atoms with van der Waals surface area (Å²) >= 11 is 20.3. The quantitative estimate of drug-likeness (QED) is 0.291. The lowest BCUT2D eigenvalue weighted by Gasteiger charge is -2.19. The Labute approximate surface area is 198 Å². The van der Waals surface area contributed by atoms with Gasteiger partial charge in [0.25, 0.3) is 0 Å². The van der Waals surface area contributed by atoms with E-state index in [2.05, 4.69) is 9.55 Å². The monoisotopic (exact) mass is 500 g/mol. The molecular weight excluding hydrogens is 483 g/mol. The Hall–Kier alpha value is -2.19. The molecule has 1 heterocycles. The summed E-state index contributed by atoms with van der Waals surface area (Å²) < 4.78 is 2.09. The van der Waals surface area contributed by atoms with Crippen molar-refractivity contribution in [2.75, 3.05) is 0 Å². The van der Waals surface area contributed by atoms with Gasteiger partial charge in [-0.3, -0.25) is 0 Å². The third-order valence-corrected chi connectivity index (χ3v) is 6.16. The van der Waals surface area contributed by atoms with Crippen LogP contribution in [0.5, 0.6) is 0 Å². The number of aliphatic carboxylic acids is 2. The first-order valence-electron chi connectivity index (χ1n) is 9.05. The Balaban J connectivity index is 0.000000501. The van der Waals surface area contributed by atoms with Gasteiger partial charge in [0.1, 0.15) is 0 Å². The summed E-state index contributed by atoms with van der Waals surface area (Å²) in [5, 5.41) is 17.1. The molecule has 0 spiro atoms. The van der Waals surface area contributed by atoms with Crippen molar-refractivity contribution in [3.05, 3.63) is 81.8 Å². The number of carboxylic acid groups (broad SMARTS) is 2. The third kappa shape index (κ3) is 8.83. The molecule has 0 aliphatic heterocycles. The minimum Gasteiger partial charge on any atom is -0.473 e. The van der Waals surface area contributed by atoms with Crippen LogP contribution in [-0.2, 0) is 16.1 Å². The van der Waals surface area contributed by atoms with Crippen molar-refractivity contribution in [1.29, 1.82) is 0 Å². The molecule has 0 aliphatic rings. The number of hydrogen-bond donors (Lipinski definition) is 2. The molecule has 3 aromatic rings. The third-order valence-electron chi connectivity index (χ3n) is 4.03. The molecule has 2 N–H and O–H groups in total. The van der Waals surface area contributed by atoms with E-state index in [1.165, 1.54) is 4.90 Å². The molecule has 10 heteroatoms. The highest BCUT2D eigenvalue weighted by atomic mass is 35.5. The van der Waals surface area contributed by atoms with Crippen LogP contribution in [0.15, 0.2) is 66.1 Å². The number of benzene rings is 2. The number of halogens is 3. The molecule has 0 amide bonds. The van der Waals surface area contributed by atoms with E-state index < -0.39 is 11.9 Å². The van der Waals surface area contributed by atoms with Crippen molar-refractivity contribution in [2.45, 2.75) is 29.5 Å². The summed E-state index contributed by atoms with van der Waals surface area (Å²) in [5.41, 5.74) is 1.11. The molecule has 1 unspecified atom stereocenters. The van der Waals surface area contributed by atoms with Crippen LogP contribution < -0.4 is 0 Å². The van der Waals surface area contributed by atoms with Gasteiger partial charge in [-0.15, -0.1) is 11.8 Å². The van der Waals surface area contributed by atoms with Crippen LogP contribution >= 0.6 is 46.6 Å². The van der Waals surface area contributed by atoms with Gasteiger partial charge in [0.2, 0.25) is 0 Å². The summed E-state index contributed by atoms with van der Waals surface area (Å²) in [7, 11) is 0. The Morgan fingerprint density at radius 3 is 2.19 bits per heavy atom. The number of aryl methyl sites for hydroxylation is 1. The summed E-state index contributed by atoms with van der Waals surface area (Å²) in [6, 6.07) is 13.6. The molecule has 0 saturated heterocycles. The van der Waals surface area contributed by atoms with Crippen molar-refractivity contribution < 1.29 is 19.8 Å². The maximum Gasteiger partial charge on any atom is 0.414 e. The van der Waals surface area contributed by atoms with E-state index in [1.807, 2.05) is 55.0 Å². The molecule has 6 nitrogen and oxygen atoms in total. The number of nitrogens with zero attached hydrogens (tertiary/aromatic N) is 2. The Morgan fingerprint density at radius 2 is 1.65 bits per heavy atom. The van der Waals surface area contributed by atoms with Crippen molar-refractivity contribution in [3.63, 3.8) is 0 Å². The smallest absolute Gasteiger partial charge is 0.414 e. The molecule has 0 bridgehead atoms. The number of carboxylic acids is 2. The van der Waals surface area contributed by atoms with E-state index in [9.17, 15) is 0 Å². The lowest BCUT2D eigenvalue weighted by atomic mass is 10.1. The number of thioether (sulfide) groups is 1. The fraction of sp³-hybridized carbons (Fsp3) is 0.190. The summed E-state index contributed by atoms with van der Waals surface area (Å²) in [6.45, 7) is 0.933. The average molecular weight is 502 g/mol. The van der Waals surface area contributed by atoms with E-state index in [0.717, 1.165) is 30.0 Å². The molecule has 31 heavy (non-hydrogen) atoms. The molecule has 1 atom stereocenters. The molecule has 0 radical (unpaired) electrons. The van der Waals surface area contributed by atoms with Gasteiger partial charge in [-0.05, 0) is 54.8 Å². The van der Waals surface area contributed by atoms with Crippen molar-refractivity contribution in [3.8, 4) is 0 Å². The largest absolute Gasteiger partial charge is 0.473 e. The molecule has 1 aromatic heterocycles. The zero-order chi connectivity index (χ0) is 22.8. The van der Waals surface area contributed by atoms with E-state index in [1.54, 1.807) is 18.0 Å². The highest BCUT2D eigenvalue weighted by molar-refractivity contribution is 7.99. The lowest BCUT2D eigenvalue weighted by molar-refractivity contribution is -0.159. The fourth-order valence-corrected chi connectivity index (χ4v) is 4.57.